The quantitative estimate of drug-likeness (QED) is 0.725. The van der Waals surface area contributed by atoms with E-state index in [2.05, 4.69) is 4.72 Å². The van der Waals surface area contributed by atoms with Gasteiger partial charge < -0.3 is 10.5 Å². The molecule has 0 amide bonds. The second kappa shape index (κ2) is 6.49. The summed E-state index contributed by atoms with van der Waals surface area (Å²) in [6, 6.07) is 0.0276. The molecule has 0 aromatic heterocycles. The Morgan fingerprint density at radius 1 is 1.42 bits per heavy atom. The van der Waals surface area contributed by atoms with Gasteiger partial charge in [-0.15, -0.1) is 0 Å². The third kappa shape index (κ3) is 3.88. The van der Waals surface area contributed by atoms with Gasteiger partial charge in [-0.2, -0.15) is 17.4 Å². The number of nitrogens with two attached hydrogens (primary N) is 1. The molecule has 1 saturated heterocycles. The van der Waals surface area contributed by atoms with Crippen LogP contribution in [-0.2, 0) is 14.9 Å². The Morgan fingerprint density at radius 3 is 2.79 bits per heavy atom. The van der Waals surface area contributed by atoms with Gasteiger partial charge in [0.1, 0.15) is 0 Å². The van der Waals surface area contributed by atoms with Crippen LogP contribution in [0.4, 0.5) is 0 Å². The second-order valence-corrected chi connectivity index (χ2v) is 7.17. The zero-order valence-corrected chi connectivity index (χ0v) is 12.4. The number of rotatable bonds is 6. The van der Waals surface area contributed by atoms with Gasteiger partial charge in [0.25, 0.3) is 10.2 Å². The molecule has 1 unspecified atom stereocenters. The highest BCUT2D eigenvalue weighted by Crippen LogP contribution is 2.25. The molecule has 1 atom stereocenters. The molecule has 0 aromatic carbocycles. The first-order valence-electron chi connectivity index (χ1n) is 7.14. The highest BCUT2D eigenvalue weighted by atomic mass is 32.2. The minimum Gasteiger partial charge on any atom is -0.378 e. The zero-order valence-electron chi connectivity index (χ0n) is 11.5. The standard InChI is InChI=1S/C12H25N3O3S/c1-2-18-12-6-11(7-12)14-19(16,17)15-5-3-4-10(8-13)9-15/h10-12,14H,2-9,13H2,1H3. The topological polar surface area (TPSA) is 84.7 Å². The van der Waals surface area contributed by atoms with E-state index in [9.17, 15) is 8.42 Å². The van der Waals surface area contributed by atoms with Gasteiger partial charge in [-0.1, -0.05) is 0 Å². The average Bonchev–Trinajstić information content (AvgIpc) is 2.36. The molecule has 0 aromatic rings. The van der Waals surface area contributed by atoms with Gasteiger partial charge in [0, 0.05) is 25.7 Å². The molecule has 2 fully saturated rings. The average molecular weight is 291 g/mol. The molecule has 1 aliphatic carbocycles. The van der Waals surface area contributed by atoms with Crippen LogP contribution in [0, 0.1) is 5.92 Å². The molecule has 2 aliphatic rings. The Balaban J connectivity index is 1.82. The maximum atomic E-state index is 12.2. The van der Waals surface area contributed by atoms with Crippen molar-refractivity contribution in [3.05, 3.63) is 0 Å². The van der Waals surface area contributed by atoms with Crippen molar-refractivity contribution in [3.63, 3.8) is 0 Å². The molecular formula is C12H25N3O3S. The van der Waals surface area contributed by atoms with Crippen molar-refractivity contribution >= 4 is 10.2 Å². The van der Waals surface area contributed by atoms with E-state index in [1.807, 2.05) is 6.92 Å². The zero-order chi connectivity index (χ0) is 13.9. The fourth-order valence-corrected chi connectivity index (χ4v) is 4.30. The van der Waals surface area contributed by atoms with Crippen molar-refractivity contribution in [2.45, 2.75) is 44.8 Å². The second-order valence-electron chi connectivity index (χ2n) is 5.47. The van der Waals surface area contributed by atoms with E-state index < -0.39 is 10.2 Å². The summed E-state index contributed by atoms with van der Waals surface area (Å²) >= 11 is 0. The molecule has 7 heteroatoms. The number of hydrogen-bond acceptors (Lipinski definition) is 4. The maximum Gasteiger partial charge on any atom is 0.279 e. The summed E-state index contributed by atoms with van der Waals surface area (Å²) in [5, 5.41) is 0. The van der Waals surface area contributed by atoms with E-state index >= 15 is 0 Å². The lowest BCUT2D eigenvalue weighted by Gasteiger charge is -2.38. The van der Waals surface area contributed by atoms with Gasteiger partial charge in [0.15, 0.2) is 0 Å². The van der Waals surface area contributed by atoms with Gasteiger partial charge in [-0.3, -0.25) is 0 Å². The van der Waals surface area contributed by atoms with Crippen LogP contribution in [0.5, 0.6) is 0 Å². The first-order valence-corrected chi connectivity index (χ1v) is 8.58. The van der Waals surface area contributed by atoms with Crippen molar-refractivity contribution in [1.29, 1.82) is 0 Å². The number of ether oxygens (including phenoxy) is 1. The summed E-state index contributed by atoms with van der Waals surface area (Å²) in [5.74, 6) is 0.294. The summed E-state index contributed by atoms with van der Waals surface area (Å²) < 4.78 is 34.2. The molecule has 2 rings (SSSR count). The fraction of sp³-hybridized carbons (Fsp3) is 1.00. The van der Waals surface area contributed by atoms with Crippen molar-refractivity contribution in [1.82, 2.24) is 9.03 Å². The SMILES string of the molecule is CCOC1CC(NS(=O)(=O)N2CCCC(CN)C2)C1. The normalized spacial score (nSPS) is 33.1. The van der Waals surface area contributed by atoms with Crippen LogP contribution in [0.3, 0.4) is 0 Å². The van der Waals surface area contributed by atoms with Crippen LogP contribution in [0.1, 0.15) is 32.6 Å². The van der Waals surface area contributed by atoms with Gasteiger partial charge in [0.05, 0.1) is 6.10 Å². The van der Waals surface area contributed by atoms with E-state index in [1.165, 1.54) is 0 Å². The van der Waals surface area contributed by atoms with E-state index in [0.29, 0.717) is 32.2 Å². The highest BCUT2D eigenvalue weighted by Gasteiger charge is 2.36. The summed E-state index contributed by atoms with van der Waals surface area (Å²) in [6.07, 6.45) is 3.70. The van der Waals surface area contributed by atoms with E-state index in [0.717, 1.165) is 25.7 Å². The smallest absolute Gasteiger partial charge is 0.279 e. The summed E-state index contributed by atoms with van der Waals surface area (Å²) in [5.41, 5.74) is 5.64. The van der Waals surface area contributed by atoms with Gasteiger partial charge in [0.2, 0.25) is 0 Å². The number of nitrogens with one attached hydrogen (secondary N) is 1. The molecule has 0 radical (unpaired) electrons. The third-order valence-corrected chi connectivity index (χ3v) is 5.61. The molecule has 0 bridgehead atoms. The van der Waals surface area contributed by atoms with Gasteiger partial charge in [-0.25, -0.2) is 0 Å². The van der Waals surface area contributed by atoms with E-state index in [1.54, 1.807) is 4.31 Å². The minimum absolute atomic E-state index is 0.0276. The van der Waals surface area contributed by atoms with Crippen molar-refractivity contribution < 1.29 is 13.2 Å². The summed E-state index contributed by atoms with van der Waals surface area (Å²) in [6.45, 7) is 4.36. The van der Waals surface area contributed by atoms with Gasteiger partial charge >= 0.3 is 0 Å². The Hall–Kier alpha value is -0.210. The minimum atomic E-state index is -3.35. The van der Waals surface area contributed by atoms with Crippen LogP contribution in [0.25, 0.3) is 0 Å². The lowest BCUT2D eigenvalue weighted by molar-refractivity contribution is -0.00514. The first-order chi connectivity index (χ1) is 9.05. The molecule has 6 nitrogen and oxygen atoms in total. The van der Waals surface area contributed by atoms with Gasteiger partial charge in [-0.05, 0) is 45.1 Å². The molecule has 19 heavy (non-hydrogen) atoms. The lowest BCUT2D eigenvalue weighted by Crippen LogP contribution is -2.54. The van der Waals surface area contributed by atoms with Crippen LogP contribution in [-0.4, -0.2) is 51.1 Å². The molecule has 1 saturated carbocycles. The maximum absolute atomic E-state index is 12.2. The largest absolute Gasteiger partial charge is 0.378 e. The number of piperidine rings is 1. The Bertz CT molecular complexity index is 382. The molecule has 0 spiro atoms. The van der Waals surface area contributed by atoms with Crippen molar-refractivity contribution in [2.75, 3.05) is 26.2 Å². The van der Waals surface area contributed by atoms with E-state index in [-0.39, 0.29) is 12.1 Å². The lowest BCUT2D eigenvalue weighted by atomic mass is 9.90. The van der Waals surface area contributed by atoms with E-state index in [4.69, 9.17) is 10.5 Å². The molecule has 3 N–H and O–H groups in total. The highest BCUT2D eigenvalue weighted by molar-refractivity contribution is 7.87. The predicted molar refractivity (Wildman–Crippen MR) is 73.8 cm³/mol. The Kier molecular flexibility index (Phi) is 5.19. The number of hydrogen-bond donors (Lipinski definition) is 2. The molecular weight excluding hydrogens is 266 g/mol. The monoisotopic (exact) mass is 291 g/mol. The number of nitrogens with zero attached hydrogens (tertiary/aromatic N) is 1. The molecule has 1 heterocycles. The third-order valence-electron chi connectivity index (χ3n) is 3.97. The summed E-state index contributed by atoms with van der Waals surface area (Å²) in [7, 11) is -3.35. The van der Waals surface area contributed by atoms with Crippen LogP contribution < -0.4 is 10.5 Å². The Morgan fingerprint density at radius 2 is 2.16 bits per heavy atom. The summed E-state index contributed by atoms with van der Waals surface area (Å²) in [4.78, 5) is 0. The predicted octanol–water partition coefficient (Wildman–Crippen LogP) is 0.0590. The molecule has 1 aliphatic heterocycles. The van der Waals surface area contributed by atoms with Crippen molar-refractivity contribution in [2.24, 2.45) is 11.7 Å². The van der Waals surface area contributed by atoms with Crippen LogP contribution in [0.2, 0.25) is 0 Å². The Labute approximate surface area is 115 Å². The molecule has 112 valence electrons. The first kappa shape index (κ1) is 15.2. The van der Waals surface area contributed by atoms with Crippen LogP contribution >= 0.6 is 0 Å². The van der Waals surface area contributed by atoms with Crippen molar-refractivity contribution in [3.8, 4) is 0 Å². The van der Waals surface area contributed by atoms with Crippen LogP contribution in [0.15, 0.2) is 0 Å². The fourth-order valence-electron chi connectivity index (χ4n) is 2.76.